The maximum Gasteiger partial charge on any atom is 0.254 e. The predicted octanol–water partition coefficient (Wildman–Crippen LogP) is 2.96. The number of rotatable bonds is 4. The summed E-state index contributed by atoms with van der Waals surface area (Å²) in [6, 6.07) is 5.02. The van der Waals surface area contributed by atoms with Gasteiger partial charge in [-0.3, -0.25) is 4.79 Å². The third-order valence-corrected chi connectivity index (χ3v) is 2.80. The molecule has 92 valence electrons. The molecule has 1 aromatic carbocycles. The molecule has 0 saturated heterocycles. The second-order valence-corrected chi connectivity index (χ2v) is 4.48. The van der Waals surface area contributed by atoms with E-state index in [1.54, 1.807) is 29.2 Å². The van der Waals surface area contributed by atoms with Crippen LogP contribution in [-0.4, -0.2) is 23.4 Å². The molecule has 0 atom stereocenters. The fourth-order valence-corrected chi connectivity index (χ4v) is 1.63. The summed E-state index contributed by atoms with van der Waals surface area (Å²) in [5.41, 5.74) is 6.65. The van der Waals surface area contributed by atoms with Gasteiger partial charge in [-0.2, -0.15) is 0 Å². The molecule has 0 spiro atoms. The monoisotopic (exact) mass is 252 g/mol. The van der Waals surface area contributed by atoms with Crippen molar-refractivity contribution < 1.29 is 4.79 Å². The van der Waals surface area contributed by atoms with Crippen molar-refractivity contribution in [2.24, 2.45) is 0 Å². The Kier molecular flexibility index (Phi) is 4.58. The highest BCUT2D eigenvalue weighted by Gasteiger charge is 2.17. The zero-order chi connectivity index (χ0) is 13.0. The van der Waals surface area contributed by atoms with Crippen molar-refractivity contribution in [3.05, 3.63) is 41.4 Å². The van der Waals surface area contributed by atoms with Gasteiger partial charge in [0.2, 0.25) is 0 Å². The Morgan fingerprint density at radius 1 is 1.59 bits per heavy atom. The van der Waals surface area contributed by atoms with Gasteiger partial charge < -0.3 is 10.6 Å². The van der Waals surface area contributed by atoms with Gasteiger partial charge in [-0.1, -0.05) is 17.7 Å². The number of anilines is 1. The molecule has 2 N–H and O–H groups in total. The first-order chi connectivity index (χ1) is 7.97. The Labute approximate surface area is 107 Å². The summed E-state index contributed by atoms with van der Waals surface area (Å²) in [7, 11) is 0. The van der Waals surface area contributed by atoms with Gasteiger partial charge in [-0.05, 0) is 32.0 Å². The molecular formula is C13H17ClN2O. The summed E-state index contributed by atoms with van der Waals surface area (Å²) in [6.45, 7) is 8.08. The number of carbonyl (C=O) groups is 1. The fourth-order valence-electron chi connectivity index (χ4n) is 1.51. The normalized spacial score (nSPS) is 10.4. The molecule has 1 amide bonds. The van der Waals surface area contributed by atoms with Gasteiger partial charge in [0.25, 0.3) is 5.91 Å². The van der Waals surface area contributed by atoms with Gasteiger partial charge >= 0.3 is 0 Å². The van der Waals surface area contributed by atoms with Crippen molar-refractivity contribution in [2.75, 3.05) is 12.3 Å². The Morgan fingerprint density at radius 2 is 2.24 bits per heavy atom. The Hall–Kier alpha value is -1.48. The first kappa shape index (κ1) is 13.6. The van der Waals surface area contributed by atoms with Crippen molar-refractivity contribution in [2.45, 2.75) is 19.9 Å². The minimum Gasteiger partial charge on any atom is -0.398 e. The van der Waals surface area contributed by atoms with Crippen LogP contribution in [0.2, 0.25) is 5.02 Å². The molecular weight excluding hydrogens is 236 g/mol. The minimum absolute atomic E-state index is 0.0664. The van der Waals surface area contributed by atoms with Gasteiger partial charge in [0.05, 0.1) is 10.7 Å². The summed E-state index contributed by atoms with van der Waals surface area (Å²) in [6.07, 6.45) is 1.71. The first-order valence-corrected chi connectivity index (χ1v) is 5.82. The molecule has 17 heavy (non-hydrogen) atoms. The van der Waals surface area contributed by atoms with Crippen LogP contribution in [0, 0.1) is 0 Å². The average molecular weight is 253 g/mol. The zero-order valence-electron chi connectivity index (χ0n) is 10.1. The first-order valence-electron chi connectivity index (χ1n) is 5.44. The largest absolute Gasteiger partial charge is 0.398 e. The summed E-state index contributed by atoms with van der Waals surface area (Å²) < 4.78 is 0. The Bertz CT molecular complexity index is 429. The van der Waals surface area contributed by atoms with Crippen LogP contribution in [0.5, 0.6) is 0 Å². The van der Waals surface area contributed by atoms with Crippen LogP contribution >= 0.6 is 11.6 Å². The zero-order valence-corrected chi connectivity index (χ0v) is 10.9. The number of hydrogen-bond donors (Lipinski definition) is 1. The van der Waals surface area contributed by atoms with E-state index in [0.29, 0.717) is 22.8 Å². The third kappa shape index (κ3) is 3.24. The maximum absolute atomic E-state index is 12.2. The van der Waals surface area contributed by atoms with Gasteiger partial charge in [-0.25, -0.2) is 0 Å². The van der Waals surface area contributed by atoms with Crippen molar-refractivity contribution in [3.63, 3.8) is 0 Å². The van der Waals surface area contributed by atoms with Crippen LogP contribution in [0.3, 0.4) is 0 Å². The van der Waals surface area contributed by atoms with Crippen molar-refractivity contribution >= 4 is 23.2 Å². The topological polar surface area (TPSA) is 46.3 Å². The lowest BCUT2D eigenvalue weighted by molar-refractivity contribution is 0.0729. The molecule has 0 heterocycles. The second-order valence-electron chi connectivity index (χ2n) is 4.08. The number of halogens is 1. The molecule has 1 rings (SSSR count). The molecule has 0 aliphatic rings. The van der Waals surface area contributed by atoms with Crippen LogP contribution in [0.15, 0.2) is 30.9 Å². The average Bonchev–Trinajstić information content (AvgIpc) is 2.28. The highest BCUT2D eigenvalue weighted by Crippen LogP contribution is 2.20. The van der Waals surface area contributed by atoms with E-state index < -0.39 is 0 Å². The van der Waals surface area contributed by atoms with Crippen LogP contribution in [0.4, 0.5) is 5.69 Å². The van der Waals surface area contributed by atoms with Gasteiger partial charge in [-0.15, -0.1) is 6.58 Å². The molecule has 0 aromatic heterocycles. The van der Waals surface area contributed by atoms with E-state index in [1.165, 1.54) is 0 Å². The van der Waals surface area contributed by atoms with Crippen molar-refractivity contribution in [1.29, 1.82) is 0 Å². The highest BCUT2D eigenvalue weighted by molar-refractivity contribution is 6.33. The second kappa shape index (κ2) is 5.73. The lowest BCUT2D eigenvalue weighted by Gasteiger charge is -2.25. The molecule has 0 radical (unpaired) electrons. The molecule has 0 bridgehead atoms. The van der Waals surface area contributed by atoms with E-state index in [4.69, 9.17) is 17.3 Å². The summed E-state index contributed by atoms with van der Waals surface area (Å²) in [5.74, 6) is -0.0664. The van der Waals surface area contributed by atoms with E-state index in [-0.39, 0.29) is 11.9 Å². The third-order valence-electron chi connectivity index (χ3n) is 2.45. The van der Waals surface area contributed by atoms with E-state index in [1.807, 2.05) is 13.8 Å². The van der Waals surface area contributed by atoms with Crippen LogP contribution < -0.4 is 5.73 Å². The molecule has 3 nitrogen and oxygen atoms in total. The number of nitrogens with zero attached hydrogens (tertiary/aromatic N) is 1. The van der Waals surface area contributed by atoms with Crippen LogP contribution in [0.25, 0.3) is 0 Å². The molecule has 4 heteroatoms. The van der Waals surface area contributed by atoms with E-state index in [2.05, 4.69) is 6.58 Å². The number of amides is 1. The Morgan fingerprint density at radius 3 is 2.71 bits per heavy atom. The smallest absolute Gasteiger partial charge is 0.254 e. The van der Waals surface area contributed by atoms with Crippen molar-refractivity contribution in [3.8, 4) is 0 Å². The summed E-state index contributed by atoms with van der Waals surface area (Å²) in [5, 5.41) is 0.460. The number of carbonyl (C=O) groups excluding carboxylic acids is 1. The number of hydrogen-bond acceptors (Lipinski definition) is 2. The number of benzene rings is 1. The fraction of sp³-hybridized carbons (Fsp3) is 0.308. The SMILES string of the molecule is C=CCN(C(=O)c1ccc(Cl)c(N)c1)C(C)C. The van der Waals surface area contributed by atoms with Gasteiger partial charge in [0.1, 0.15) is 0 Å². The number of nitrogens with two attached hydrogens (primary N) is 1. The van der Waals surface area contributed by atoms with Crippen LogP contribution in [0.1, 0.15) is 24.2 Å². The van der Waals surface area contributed by atoms with Crippen molar-refractivity contribution in [1.82, 2.24) is 4.90 Å². The lowest BCUT2D eigenvalue weighted by Crippen LogP contribution is -2.37. The van der Waals surface area contributed by atoms with E-state index in [0.717, 1.165) is 0 Å². The molecule has 0 fully saturated rings. The molecule has 0 aliphatic heterocycles. The van der Waals surface area contributed by atoms with Crippen LogP contribution in [-0.2, 0) is 0 Å². The molecule has 0 aliphatic carbocycles. The molecule has 1 aromatic rings. The quantitative estimate of drug-likeness (QED) is 0.662. The highest BCUT2D eigenvalue weighted by atomic mass is 35.5. The standard InChI is InChI=1S/C13H17ClN2O/c1-4-7-16(9(2)3)13(17)10-5-6-11(14)12(15)8-10/h4-6,8-9H,1,7,15H2,2-3H3. The Balaban J connectivity index is 3.00. The lowest BCUT2D eigenvalue weighted by atomic mass is 10.1. The summed E-state index contributed by atoms with van der Waals surface area (Å²) >= 11 is 5.82. The predicted molar refractivity (Wildman–Crippen MR) is 72.2 cm³/mol. The van der Waals surface area contributed by atoms with E-state index in [9.17, 15) is 4.79 Å². The van der Waals surface area contributed by atoms with Gasteiger partial charge in [0.15, 0.2) is 0 Å². The maximum atomic E-state index is 12.2. The van der Waals surface area contributed by atoms with E-state index >= 15 is 0 Å². The van der Waals surface area contributed by atoms with Gasteiger partial charge in [0, 0.05) is 18.2 Å². The summed E-state index contributed by atoms with van der Waals surface area (Å²) in [4.78, 5) is 13.9. The number of nitrogen functional groups attached to an aromatic ring is 1. The molecule has 0 unspecified atom stereocenters. The minimum atomic E-state index is -0.0664. The molecule has 0 saturated carbocycles.